The molecule has 2 nitrogen and oxygen atoms in total. The van der Waals surface area contributed by atoms with E-state index in [1.54, 1.807) is 6.20 Å². The van der Waals surface area contributed by atoms with E-state index in [9.17, 15) is 4.79 Å². The molecular formula is C15H21NO. The average molecular weight is 231 g/mol. The summed E-state index contributed by atoms with van der Waals surface area (Å²) in [4.78, 5) is 14.3. The molecule has 1 saturated carbocycles. The fourth-order valence-corrected chi connectivity index (χ4v) is 2.72. The molecular weight excluding hydrogens is 210 g/mol. The van der Waals surface area contributed by atoms with Crippen LogP contribution in [-0.2, 0) is 4.79 Å². The number of carbonyl (C=O) groups is 1. The summed E-state index contributed by atoms with van der Waals surface area (Å²) < 4.78 is 0. The number of amides is 1. The Morgan fingerprint density at radius 2 is 2.00 bits per heavy atom. The van der Waals surface area contributed by atoms with Crippen molar-refractivity contribution < 1.29 is 4.79 Å². The van der Waals surface area contributed by atoms with Crippen LogP contribution in [0.2, 0.25) is 0 Å². The maximum atomic E-state index is 12.4. The number of hydrogen-bond donors (Lipinski definition) is 0. The van der Waals surface area contributed by atoms with E-state index in [-0.39, 0.29) is 17.9 Å². The minimum Gasteiger partial charge on any atom is -0.312 e. The minimum atomic E-state index is 0.173. The van der Waals surface area contributed by atoms with Crippen LogP contribution in [0.1, 0.15) is 38.5 Å². The molecule has 17 heavy (non-hydrogen) atoms. The Labute approximate surface area is 104 Å². The molecule has 1 atom stereocenters. The first-order valence-electron chi connectivity index (χ1n) is 6.61. The van der Waals surface area contributed by atoms with Gasteiger partial charge in [0.2, 0.25) is 5.91 Å². The number of nitrogens with zero attached hydrogens (tertiary/aromatic N) is 1. The van der Waals surface area contributed by atoms with Gasteiger partial charge in [-0.15, -0.1) is 0 Å². The van der Waals surface area contributed by atoms with Gasteiger partial charge in [0, 0.05) is 12.1 Å². The van der Waals surface area contributed by atoms with Crippen molar-refractivity contribution in [2.75, 3.05) is 0 Å². The van der Waals surface area contributed by atoms with Gasteiger partial charge in [0.25, 0.3) is 0 Å². The first-order valence-corrected chi connectivity index (χ1v) is 6.61. The normalized spacial score (nSPS) is 24.6. The zero-order valence-corrected chi connectivity index (χ0v) is 10.3. The van der Waals surface area contributed by atoms with Gasteiger partial charge in [-0.1, -0.05) is 50.1 Å². The molecule has 1 fully saturated rings. The van der Waals surface area contributed by atoms with Crippen LogP contribution in [0.15, 0.2) is 37.1 Å². The summed E-state index contributed by atoms with van der Waals surface area (Å²) in [6, 6.07) is 0.173. The Morgan fingerprint density at radius 1 is 1.24 bits per heavy atom. The summed E-state index contributed by atoms with van der Waals surface area (Å²) in [6.07, 6.45) is 16.6. The van der Waals surface area contributed by atoms with Gasteiger partial charge >= 0.3 is 0 Å². The van der Waals surface area contributed by atoms with E-state index >= 15 is 0 Å². The van der Waals surface area contributed by atoms with Crippen molar-refractivity contribution in [2.24, 2.45) is 5.92 Å². The molecule has 0 aliphatic heterocycles. The molecule has 0 aromatic carbocycles. The van der Waals surface area contributed by atoms with Crippen LogP contribution in [0.3, 0.4) is 0 Å². The molecule has 1 unspecified atom stereocenters. The van der Waals surface area contributed by atoms with Crippen LogP contribution in [0.4, 0.5) is 0 Å². The van der Waals surface area contributed by atoms with Gasteiger partial charge in [-0.3, -0.25) is 4.79 Å². The van der Waals surface area contributed by atoms with E-state index in [0.29, 0.717) is 0 Å². The van der Waals surface area contributed by atoms with Crippen molar-refractivity contribution in [3.8, 4) is 0 Å². The van der Waals surface area contributed by atoms with Crippen LogP contribution < -0.4 is 0 Å². The van der Waals surface area contributed by atoms with Crippen LogP contribution in [0, 0.1) is 5.92 Å². The van der Waals surface area contributed by atoms with E-state index in [2.05, 4.69) is 18.7 Å². The van der Waals surface area contributed by atoms with E-state index in [1.165, 1.54) is 19.3 Å². The molecule has 0 saturated heterocycles. The number of allylic oxidation sites excluding steroid dienone is 2. The average Bonchev–Trinajstić information content (AvgIpc) is 2.42. The molecule has 1 amide bonds. The Morgan fingerprint density at radius 3 is 2.59 bits per heavy atom. The zero-order valence-electron chi connectivity index (χ0n) is 10.3. The number of carbonyl (C=O) groups excluding carboxylic acids is 1. The summed E-state index contributed by atoms with van der Waals surface area (Å²) >= 11 is 0. The van der Waals surface area contributed by atoms with Crippen molar-refractivity contribution in [1.82, 2.24) is 4.90 Å². The summed E-state index contributed by atoms with van der Waals surface area (Å²) in [5, 5.41) is 0. The summed E-state index contributed by atoms with van der Waals surface area (Å²) in [5.74, 6) is 0.491. The predicted molar refractivity (Wildman–Crippen MR) is 70.3 cm³/mol. The van der Waals surface area contributed by atoms with Gasteiger partial charge in [-0.05, 0) is 19.3 Å². The van der Waals surface area contributed by atoms with Gasteiger partial charge in [0.05, 0.1) is 6.04 Å². The highest BCUT2D eigenvalue weighted by atomic mass is 16.2. The standard InChI is InChI=1S/C15H21NO/c1-2-16(14-11-7-4-8-12-14)15(17)13-9-5-3-6-10-13/h2,4,7-8,11,13-14H,1,3,5-6,9-10,12H2. The van der Waals surface area contributed by atoms with Crippen LogP contribution in [-0.4, -0.2) is 16.8 Å². The van der Waals surface area contributed by atoms with Gasteiger partial charge in [0.15, 0.2) is 0 Å². The molecule has 0 bridgehead atoms. The monoisotopic (exact) mass is 231 g/mol. The first kappa shape index (κ1) is 12.2. The highest BCUT2D eigenvalue weighted by molar-refractivity contribution is 5.80. The Balaban J connectivity index is 2.01. The van der Waals surface area contributed by atoms with Crippen LogP contribution >= 0.6 is 0 Å². The van der Waals surface area contributed by atoms with Gasteiger partial charge in [-0.25, -0.2) is 0 Å². The smallest absolute Gasteiger partial charge is 0.230 e. The van der Waals surface area contributed by atoms with Crippen LogP contribution in [0.5, 0.6) is 0 Å². The largest absolute Gasteiger partial charge is 0.312 e. The molecule has 0 N–H and O–H groups in total. The topological polar surface area (TPSA) is 20.3 Å². The van der Waals surface area contributed by atoms with Crippen molar-refractivity contribution >= 4 is 5.91 Å². The summed E-state index contributed by atoms with van der Waals surface area (Å²) in [7, 11) is 0. The molecule has 0 radical (unpaired) electrons. The lowest BCUT2D eigenvalue weighted by atomic mass is 9.88. The Kier molecular flexibility index (Phi) is 4.18. The third-order valence-corrected chi connectivity index (χ3v) is 3.72. The summed E-state index contributed by atoms with van der Waals surface area (Å²) in [6.45, 7) is 3.80. The molecule has 92 valence electrons. The third-order valence-electron chi connectivity index (χ3n) is 3.72. The minimum absolute atomic E-state index is 0.173. The lowest BCUT2D eigenvalue weighted by Crippen LogP contribution is -2.39. The van der Waals surface area contributed by atoms with Crippen molar-refractivity contribution in [3.05, 3.63) is 37.1 Å². The second kappa shape index (κ2) is 5.85. The third kappa shape index (κ3) is 2.87. The molecule has 2 aliphatic carbocycles. The molecule has 2 rings (SSSR count). The number of hydrogen-bond acceptors (Lipinski definition) is 1. The summed E-state index contributed by atoms with van der Waals surface area (Å²) in [5.41, 5.74) is 0. The maximum Gasteiger partial charge on any atom is 0.230 e. The predicted octanol–water partition coefficient (Wildman–Crippen LogP) is 3.42. The second-order valence-corrected chi connectivity index (χ2v) is 4.88. The second-order valence-electron chi connectivity index (χ2n) is 4.88. The van der Waals surface area contributed by atoms with E-state index in [4.69, 9.17) is 0 Å². The molecule has 2 heteroatoms. The van der Waals surface area contributed by atoms with Crippen molar-refractivity contribution in [3.63, 3.8) is 0 Å². The highest BCUT2D eigenvalue weighted by Crippen LogP contribution is 2.27. The van der Waals surface area contributed by atoms with Gasteiger partial charge in [0.1, 0.15) is 0 Å². The van der Waals surface area contributed by atoms with E-state index in [0.717, 1.165) is 19.3 Å². The fraction of sp³-hybridized carbons (Fsp3) is 0.533. The highest BCUT2D eigenvalue weighted by Gasteiger charge is 2.27. The lowest BCUT2D eigenvalue weighted by molar-refractivity contribution is -0.135. The first-order chi connectivity index (χ1) is 8.33. The molecule has 2 aliphatic rings. The Hall–Kier alpha value is -1.31. The quantitative estimate of drug-likeness (QED) is 0.728. The molecule has 0 aromatic rings. The van der Waals surface area contributed by atoms with E-state index < -0.39 is 0 Å². The van der Waals surface area contributed by atoms with Crippen molar-refractivity contribution in [2.45, 2.75) is 44.6 Å². The van der Waals surface area contributed by atoms with Crippen LogP contribution in [0.25, 0.3) is 0 Å². The van der Waals surface area contributed by atoms with Gasteiger partial charge < -0.3 is 4.90 Å². The maximum absolute atomic E-state index is 12.4. The zero-order chi connectivity index (χ0) is 12.1. The fourth-order valence-electron chi connectivity index (χ4n) is 2.72. The van der Waals surface area contributed by atoms with Gasteiger partial charge in [-0.2, -0.15) is 0 Å². The SMILES string of the molecule is C=CN(C(=O)C1CCCCC1)C1C=CC=CC1. The lowest BCUT2D eigenvalue weighted by Gasteiger charge is -2.31. The Bertz CT molecular complexity index is 337. The number of rotatable bonds is 3. The molecule has 0 spiro atoms. The van der Waals surface area contributed by atoms with E-state index in [1.807, 2.05) is 17.1 Å². The molecule has 0 heterocycles. The van der Waals surface area contributed by atoms with Crippen molar-refractivity contribution in [1.29, 1.82) is 0 Å². The molecule has 0 aromatic heterocycles.